The van der Waals surface area contributed by atoms with Gasteiger partial charge in [0.2, 0.25) is 5.91 Å². The van der Waals surface area contributed by atoms with E-state index in [0.717, 1.165) is 16.0 Å². The monoisotopic (exact) mass is 548 g/mol. The summed E-state index contributed by atoms with van der Waals surface area (Å²) in [4.78, 5) is 19.6. The Morgan fingerprint density at radius 1 is 1.34 bits per heavy atom. The molecule has 2 aliphatic rings. The average molecular weight is 549 g/mol. The molecule has 4 nitrogen and oxygen atoms in total. The molecule has 0 N–H and O–H groups in total. The molecule has 0 unspecified atom stereocenters. The molecule has 2 saturated heterocycles. The van der Waals surface area contributed by atoms with Crippen LogP contribution in [0.3, 0.4) is 0 Å². The number of amidine groups is 1. The number of carbonyl (C=O) groups is 1. The zero-order valence-corrected chi connectivity index (χ0v) is 21.9. The van der Waals surface area contributed by atoms with Crippen molar-refractivity contribution in [1.82, 2.24) is 4.90 Å². The van der Waals surface area contributed by atoms with E-state index in [9.17, 15) is 9.18 Å². The standard InChI is InChI=1S/C21H30FIN2O2SSi/c1-13(27-29(5,6)21(2,3)4)18-17-11-16(12-23)28-20(25(17)19(18)26)24-15-9-7-14(22)8-10-15/h7-10,13,16-18H,11-12H2,1-6H3/t13-,16+,17-,18-/m1/s1. The lowest BCUT2D eigenvalue weighted by Gasteiger charge is -2.54. The topological polar surface area (TPSA) is 41.9 Å². The van der Waals surface area contributed by atoms with Crippen LogP contribution in [0.15, 0.2) is 29.3 Å². The van der Waals surface area contributed by atoms with Crippen LogP contribution in [0.5, 0.6) is 0 Å². The molecule has 8 heteroatoms. The van der Waals surface area contributed by atoms with Gasteiger partial charge in [0.25, 0.3) is 0 Å². The molecule has 0 radical (unpaired) electrons. The van der Waals surface area contributed by atoms with Crippen molar-refractivity contribution in [2.75, 3.05) is 4.43 Å². The first kappa shape index (κ1) is 23.2. The van der Waals surface area contributed by atoms with E-state index in [0.29, 0.717) is 10.9 Å². The first-order valence-electron chi connectivity index (χ1n) is 10.0. The molecule has 1 aromatic carbocycles. The molecule has 0 aliphatic carbocycles. The molecule has 2 fully saturated rings. The van der Waals surface area contributed by atoms with Gasteiger partial charge in [-0.25, -0.2) is 9.38 Å². The maximum absolute atomic E-state index is 13.2. The Labute approximate surface area is 192 Å². The Hall–Kier alpha value is -0.453. The highest BCUT2D eigenvalue weighted by atomic mass is 127. The van der Waals surface area contributed by atoms with Crippen molar-refractivity contribution in [3.8, 4) is 0 Å². The van der Waals surface area contributed by atoms with Gasteiger partial charge in [0.05, 0.1) is 23.8 Å². The van der Waals surface area contributed by atoms with E-state index in [2.05, 4.69) is 68.4 Å². The predicted octanol–water partition coefficient (Wildman–Crippen LogP) is 5.99. The number of β-lactam (4-membered cyclic amide) rings is 1. The highest BCUT2D eigenvalue weighted by molar-refractivity contribution is 14.1. The van der Waals surface area contributed by atoms with Crippen LogP contribution in [0.1, 0.15) is 34.1 Å². The second-order valence-electron chi connectivity index (χ2n) is 9.39. The Morgan fingerprint density at radius 2 is 1.97 bits per heavy atom. The molecule has 2 heterocycles. The first-order valence-corrected chi connectivity index (χ1v) is 15.3. The Kier molecular flexibility index (Phi) is 6.87. The van der Waals surface area contributed by atoms with Gasteiger partial charge in [0, 0.05) is 9.68 Å². The number of aliphatic imine (C=N–C) groups is 1. The average Bonchev–Trinajstić information content (AvgIpc) is 2.61. The van der Waals surface area contributed by atoms with Crippen molar-refractivity contribution in [2.24, 2.45) is 10.9 Å². The molecule has 2 aliphatic heterocycles. The van der Waals surface area contributed by atoms with E-state index in [-0.39, 0.29) is 34.8 Å². The minimum absolute atomic E-state index is 0.0986. The summed E-state index contributed by atoms with van der Waals surface area (Å²) in [5.41, 5.74) is 0.670. The van der Waals surface area contributed by atoms with Crippen LogP contribution in [0.25, 0.3) is 0 Å². The fraction of sp³-hybridized carbons (Fsp3) is 0.619. The SMILES string of the molecule is C[C@@H](O[Si](C)(C)C(C)(C)C)[C@H]1C(=O)N2C(=Nc3ccc(F)cc3)S[C@H](CI)C[C@H]12. The van der Waals surface area contributed by atoms with Crippen molar-refractivity contribution in [1.29, 1.82) is 0 Å². The molecule has 1 amide bonds. The molecular formula is C21H30FIN2O2SSi. The van der Waals surface area contributed by atoms with Gasteiger partial charge in [-0.15, -0.1) is 0 Å². The number of benzene rings is 1. The van der Waals surface area contributed by atoms with Crippen molar-refractivity contribution in [2.45, 2.75) is 69.6 Å². The zero-order valence-electron chi connectivity index (χ0n) is 17.9. The number of hydrogen-bond donors (Lipinski definition) is 0. The minimum Gasteiger partial charge on any atom is -0.413 e. The minimum atomic E-state index is -1.95. The summed E-state index contributed by atoms with van der Waals surface area (Å²) < 4.78 is 20.8. The van der Waals surface area contributed by atoms with Gasteiger partial charge in [-0.3, -0.25) is 9.69 Å². The number of halogens is 2. The smallest absolute Gasteiger partial charge is 0.236 e. The summed E-state index contributed by atoms with van der Waals surface area (Å²) in [6, 6.07) is 6.22. The number of hydrogen-bond acceptors (Lipinski definition) is 4. The van der Waals surface area contributed by atoms with Crippen LogP contribution in [-0.4, -0.2) is 46.1 Å². The van der Waals surface area contributed by atoms with E-state index < -0.39 is 8.32 Å². The van der Waals surface area contributed by atoms with Crippen molar-refractivity contribution >= 4 is 59.4 Å². The van der Waals surface area contributed by atoms with Crippen LogP contribution in [0, 0.1) is 11.7 Å². The van der Waals surface area contributed by atoms with Gasteiger partial charge < -0.3 is 4.43 Å². The first-order chi connectivity index (χ1) is 13.4. The lowest BCUT2D eigenvalue weighted by molar-refractivity contribution is -0.154. The predicted molar refractivity (Wildman–Crippen MR) is 130 cm³/mol. The number of carbonyl (C=O) groups excluding carboxylic acids is 1. The molecule has 0 bridgehead atoms. The number of fused-ring (bicyclic) bond motifs is 1. The van der Waals surface area contributed by atoms with Crippen LogP contribution < -0.4 is 0 Å². The third kappa shape index (κ3) is 4.75. The van der Waals surface area contributed by atoms with Gasteiger partial charge in [-0.05, 0) is 55.7 Å². The normalized spacial score (nSPS) is 27.6. The lowest BCUT2D eigenvalue weighted by Crippen LogP contribution is -2.69. The zero-order chi connectivity index (χ0) is 21.6. The molecule has 0 spiro atoms. The van der Waals surface area contributed by atoms with E-state index in [1.54, 1.807) is 23.9 Å². The second-order valence-corrected chi connectivity index (χ2v) is 16.3. The summed E-state index contributed by atoms with van der Waals surface area (Å²) in [5, 5.41) is 1.25. The molecule has 0 aromatic heterocycles. The fourth-order valence-corrected chi connectivity index (χ4v) is 7.09. The fourth-order valence-electron chi connectivity index (χ4n) is 3.61. The number of thioether (sulfide) groups is 1. The highest BCUT2D eigenvalue weighted by Gasteiger charge is 2.56. The summed E-state index contributed by atoms with van der Waals surface area (Å²) in [7, 11) is -1.95. The third-order valence-electron chi connectivity index (χ3n) is 6.27. The number of nitrogens with zero attached hydrogens (tertiary/aromatic N) is 2. The van der Waals surface area contributed by atoms with Crippen LogP contribution in [0.4, 0.5) is 10.1 Å². The Morgan fingerprint density at radius 3 is 2.52 bits per heavy atom. The third-order valence-corrected chi connectivity index (χ3v) is 13.7. The van der Waals surface area contributed by atoms with Crippen LogP contribution >= 0.6 is 34.4 Å². The Bertz CT molecular complexity index is 797. The van der Waals surface area contributed by atoms with E-state index in [1.165, 1.54) is 12.1 Å². The van der Waals surface area contributed by atoms with Gasteiger partial charge in [0.15, 0.2) is 13.5 Å². The van der Waals surface area contributed by atoms with Gasteiger partial charge >= 0.3 is 0 Å². The molecule has 29 heavy (non-hydrogen) atoms. The van der Waals surface area contributed by atoms with Gasteiger partial charge in [0.1, 0.15) is 5.82 Å². The Balaban J connectivity index is 1.82. The van der Waals surface area contributed by atoms with E-state index >= 15 is 0 Å². The summed E-state index contributed by atoms with van der Waals surface area (Å²) in [5.74, 6) is -0.305. The largest absolute Gasteiger partial charge is 0.413 e. The van der Waals surface area contributed by atoms with Crippen molar-refractivity contribution in [3.05, 3.63) is 30.1 Å². The van der Waals surface area contributed by atoms with E-state index in [4.69, 9.17) is 4.43 Å². The van der Waals surface area contributed by atoms with Crippen LogP contribution in [0.2, 0.25) is 18.1 Å². The molecule has 160 valence electrons. The molecule has 4 atom stereocenters. The number of alkyl halides is 1. The number of amides is 1. The molecular weight excluding hydrogens is 518 g/mol. The second kappa shape index (κ2) is 8.59. The maximum Gasteiger partial charge on any atom is 0.236 e. The molecule has 3 rings (SSSR count). The number of rotatable bonds is 5. The maximum atomic E-state index is 13.2. The highest BCUT2D eigenvalue weighted by Crippen LogP contribution is 2.46. The van der Waals surface area contributed by atoms with Crippen molar-refractivity contribution < 1.29 is 13.6 Å². The summed E-state index contributed by atoms with van der Waals surface area (Å²) >= 11 is 4.05. The quantitative estimate of drug-likeness (QED) is 0.197. The molecule has 0 saturated carbocycles. The van der Waals surface area contributed by atoms with E-state index in [1.807, 2.05) is 4.90 Å². The van der Waals surface area contributed by atoms with Crippen LogP contribution in [-0.2, 0) is 9.22 Å². The summed E-state index contributed by atoms with van der Waals surface area (Å²) in [6.45, 7) is 13.2. The van der Waals surface area contributed by atoms with Gasteiger partial charge in [-0.2, -0.15) is 0 Å². The summed E-state index contributed by atoms with van der Waals surface area (Å²) in [6.07, 6.45) is 0.854. The lowest BCUT2D eigenvalue weighted by atomic mass is 9.81. The van der Waals surface area contributed by atoms with Gasteiger partial charge in [-0.1, -0.05) is 55.1 Å². The molecule has 1 aromatic rings. The van der Waals surface area contributed by atoms with Crippen molar-refractivity contribution in [3.63, 3.8) is 0 Å².